The Bertz CT molecular complexity index is 2670. The van der Waals surface area contributed by atoms with E-state index in [0.29, 0.717) is 35.6 Å². The highest BCUT2D eigenvalue weighted by atomic mass is 32.2. The third kappa shape index (κ3) is 12.1. The zero-order chi connectivity index (χ0) is 49.1. The first kappa shape index (κ1) is 49.8. The van der Waals surface area contributed by atoms with Crippen molar-refractivity contribution in [1.82, 2.24) is 44.7 Å². The van der Waals surface area contributed by atoms with Gasteiger partial charge in [-0.25, -0.2) is 14.6 Å². The van der Waals surface area contributed by atoms with Crippen LogP contribution in [0.2, 0.25) is 0 Å². The van der Waals surface area contributed by atoms with Gasteiger partial charge >= 0.3 is 0 Å². The molecule has 2 atom stereocenters. The number of para-hydroxylation sites is 1. The number of nitrogen functional groups attached to an aromatic ring is 1. The molecule has 3 fully saturated rings. The van der Waals surface area contributed by atoms with Gasteiger partial charge in [0.05, 0.1) is 22.6 Å². The summed E-state index contributed by atoms with van der Waals surface area (Å²) in [6.45, 7) is 7.72. The maximum Gasteiger partial charge on any atom is 0.263 e. The van der Waals surface area contributed by atoms with Crippen LogP contribution in [0, 0.1) is 0 Å². The number of carbonyl (C=O) groups is 5. The summed E-state index contributed by atoms with van der Waals surface area (Å²) in [7, 11) is 0. The van der Waals surface area contributed by atoms with Gasteiger partial charge in [0.15, 0.2) is 5.65 Å². The molecule has 3 saturated heterocycles. The summed E-state index contributed by atoms with van der Waals surface area (Å²) in [5, 5.41) is 8.05. The third-order valence-corrected chi connectivity index (χ3v) is 15.5. The fraction of sp³-hybridized carbons (Fsp3) is 0.481. The number of rotatable bonds is 22. The molecule has 3 N–H and O–H groups in total. The van der Waals surface area contributed by atoms with E-state index in [0.717, 1.165) is 122 Å². The number of thioether (sulfide) groups is 1. The first-order chi connectivity index (χ1) is 34.7. The molecule has 0 aliphatic carbocycles. The van der Waals surface area contributed by atoms with E-state index < -0.39 is 23.8 Å². The van der Waals surface area contributed by atoms with Crippen LogP contribution in [0.3, 0.4) is 0 Å². The number of hydrogen-bond donors (Lipinski definition) is 2. The quantitative estimate of drug-likeness (QED) is 0.0385. The first-order valence-corrected chi connectivity index (χ1v) is 26.7. The Balaban J connectivity index is 0.616. The summed E-state index contributed by atoms with van der Waals surface area (Å²) in [6.07, 6.45) is 15.8. The van der Waals surface area contributed by atoms with Gasteiger partial charge in [0.2, 0.25) is 17.7 Å². The summed E-state index contributed by atoms with van der Waals surface area (Å²) in [5.74, 6) is 1.07. The Hall–Kier alpha value is -6.17. The molecule has 4 aliphatic rings. The van der Waals surface area contributed by atoms with Crippen molar-refractivity contribution in [3.8, 4) is 22.8 Å². The number of amides is 5. The van der Waals surface area contributed by atoms with Crippen LogP contribution in [0.15, 0.2) is 84.0 Å². The van der Waals surface area contributed by atoms with E-state index in [1.807, 2.05) is 70.2 Å². The number of anilines is 1. The minimum atomic E-state index is -0.949. The molecule has 0 radical (unpaired) electrons. The molecule has 2 aromatic heterocycles. The van der Waals surface area contributed by atoms with E-state index in [2.05, 4.69) is 25.1 Å². The van der Waals surface area contributed by atoms with Crippen LogP contribution in [-0.4, -0.2) is 133 Å². The summed E-state index contributed by atoms with van der Waals surface area (Å²) in [5.41, 5.74) is 9.46. The monoisotopic (exact) mass is 982 g/mol. The minimum absolute atomic E-state index is 0.0145. The Morgan fingerprint density at radius 3 is 2.15 bits per heavy atom. The number of nitrogens with one attached hydrogen (secondary N) is 1. The lowest BCUT2D eigenvalue weighted by molar-refractivity contribution is -0.136. The molecule has 3 aromatic carbocycles. The molecule has 0 bridgehead atoms. The number of benzene rings is 3. The highest BCUT2D eigenvalue weighted by Crippen LogP contribution is 2.37. The summed E-state index contributed by atoms with van der Waals surface area (Å²) < 4.78 is 7.97. The van der Waals surface area contributed by atoms with Gasteiger partial charge in [-0.2, -0.15) is 5.10 Å². The van der Waals surface area contributed by atoms with Crippen molar-refractivity contribution >= 4 is 58.1 Å². The molecule has 6 heterocycles. The van der Waals surface area contributed by atoms with Crippen LogP contribution < -0.4 is 15.8 Å². The number of nitrogens with zero attached hydrogens (tertiary/aromatic N) is 8. The second-order valence-electron chi connectivity index (χ2n) is 19.3. The van der Waals surface area contributed by atoms with Crippen molar-refractivity contribution in [3.63, 3.8) is 0 Å². The molecule has 0 saturated carbocycles. The lowest BCUT2D eigenvalue weighted by Gasteiger charge is -2.35. The van der Waals surface area contributed by atoms with Crippen molar-refractivity contribution in [2.45, 2.75) is 113 Å². The zero-order valence-corrected chi connectivity index (χ0v) is 41.5. The van der Waals surface area contributed by atoms with E-state index in [-0.39, 0.29) is 30.7 Å². The van der Waals surface area contributed by atoms with Gasteiger partial charge in [-0.1, -0.05) is 69.2 Å². The Labute approximate surface area is 420 Å². The van der Waals surface area contributed by atoms with Crippen molar-refractivity contribution in [3.05, 3.63) is 90.3 Å². The number of piperidine rings is 2. The van der Waals surface area contributed by atoms with Crippen molar-refractivity contribution in [2.75, 3.05) is 63.8 Å². The Kier molecular flexibility index (Phi) is 16.7. The van der Waals surface area contributed by atoms with Gasteiger partial charge in [-0.05, 0) is 106 Å². The average Bonchev–Trinajstić information content (AvgIpc) is 3.90. The predicted molar refractivity (Wildman–Crippen MR) is 274 cm³/mol. The van der Waals surface area contributed by atoms with Crippen LogP contribution in [0.4, 0.5) is 5.82 Å². The number of fused-ring (bicyclic) bond motifs is 2. The lowest BCUT2D eigenvalue weighted by atomic mass is 10.0. The van der Waals surface area contributed by atoms with Crippen molar-refractivity contribution in [2.24, 2.45) is 0 Å². The molecule has 9 rings (SSSR count). The smallest absolute Gasteiger partial charge is 0.263 e. The molecule has 71 heavy (non-hydrogen) atoms. The summed E-state index contributed by atoms with van der Waals surface area (Å²) in [4.78, 5) is 82.0. The highest BCUT2D eigenvalue weighted by molar-refractivity contribution is 7.99. The van der Waals surface area contributed by atoms with Crippen LogP contribution in [0.25, 0.3) is 22.3 Å². The van der Waals surface area contributed by atoms with Gasteiger partial charge in [0.25, 0.3) is 11.8 Å². The van der Waals surface area contributed by atoms with E-state index in [1.165, 1.54) is 51.3 Å². The topological polar surface area (TPSA) is 189 Å². The van der Waals surface area contributed by atoms with E-state index in [9.17, 15) is 24.0 Å². The van der Waals surface area contributed by atoms with Gasteiger partial charge in [-0.3, -0.25) is 34.2 Å². The first-order valence-electron chi connectivity index (χ1n) is 25.7. The highest BCUT2D eigenvalue weighted by Gasteiger charge is 2.45. The number of ether oxygens (including phenoxy) is 1. The largest absolute Gasteiger partial charge is 0.457 e. The fourth-order valence-corrected chi connectivity index (χ4v) is 11.5. The number of carbonyl (C=O) groups excluding carboxylic acids is 5. The van der Waals surface area contributed by atoms with Gasteiger partial charge in [0.1, 0.15) is 35.4 Å². The third-order valence-electron chi connectivity index (χ3n) is 14.4. The SMILES string of the molecule is Nc1ncnc2c1c(-c1ccc(Oc3ccccc3)cc1)nn2C1CCCN(C(=O)CCCN2CCN(CCCCCCCCCCCSc3cccc4c3C(=O)N(C3CCC(=O)NC3=O)C4=O)CC2)C1. The maximum atomic E-state index is 13.6. The van der Waals surface area contributed by atoms with Crippen molar-refractivity contribution < 1.29 is 28.7 Å². The number of piperazine rings is 1. The number of aromatic nitrogens is 4. The average molecular weight is 983 g/mol. The standard InChI is InChI=1S/C54H66N10O6S/c55-50-48-49(38-22-24-41(25-23-38)70-40-17-9-8-10-18-40)59-64(51(48)57-37-56-50)39-16-14-30-62(36-39)46(66)21-15-29-61-33-31-60(32-34-61)28-11-6-4-2-1-3-5-7-12-35-71-44-20-13-19-42-47(44)54(69)63(53(42)68)43-26-27-45(65)58-52(43)67/h8-10,13,17-20,22-25,37,39,43H,1-7,11-12,14-16,21,26-36H2,(H2,55,56,57)(H,58,65,67). The second kappa shape index (κ2) is 23.8. The molecular formula is C54H66N10O6S. The molecule has 4 aliphatic heterocycles. The van der Waals surface area contributed by atoms with Gasteiger partial charge in [-0.15, -0.1) is 11.8 Å². The number of likely N-dealkylation sites (tertiary alicyclic amines) is 1. The van der Waals surface area contributed by atoms with Crippen LogP contribution in [0.1, 0.15) is 123 Å². The van der Waals surface area contributed by atoms with E-state index in [4.69, 9.17) is 15.6 Å². The summed E-state index contributed by atoms with van der Waals surface area (Å²) in [6, 6.07) is 21.8. The van der Waals surface area contributed by atoms with Crippen LogP contribution in [0.5, 0.6) is 11.5 Å². The van der Waals surface area contributed by atoms with E-state index >= 15 is 0 Å². The molecule has 5 amide bonds. The maximum absolute atomic E-state index is 13.6. The van der Waals surface area contributed by atoms with Gasteiger partial charge < -0.3 is 25.2 Å². The lowest BCUT2D eigenvalue weighted by Crippen LogP contribution is -2.54. The molecule has 5 aromatic rings. The minimum Gasteiger partial charge on any atom is -0.457 e. The number of unbranched alkanes of at least 4 members (excludes halogenated alkanes) is 8. The zero-order valence-electron chi connectivity index (χ0n) is 40.6. The van der Waals surface area contributed by atoms with E-state index in [1.54, 1.807) is 23.9 Å². The van der Waals surface area contributed by atoms with Crippen LogP contribution in [-0.2, 0) is 14.4 Å². The Morgan fingerprint density at radius 1 is 0.732 bits per heavy atom. The fourth-order valence-electron chi connectivity index (χ4n) is 10.4. The molecule has 2 unspecified atom stereocenters. The predicted octanol–water partition coefficient (Wildman–Crippen LogP) is 8.13. The number of hydrogen-bond acceptors (Lipinski definition) is 13. The number of nitrogens with two attached hydrogens (primary N) is 1. The molecule has 0 spiro atoms. The normalized spacial score (nSPS) is 18.9. The molecule has 16 nitrogen and oxygen atoms in total. The van der Waals surface area contributed by atoms with Crippen LogP contribution >= 0.6 is 11.8 Å². The molecule has 374 valence electrons. The summed E-state index contributed by atoms with van der Waals surface area (Å²) >= 11 is 1.60. The molecular weight excluding hydrogens is 917 g/mol. The second-order valence-corrected chi connectivity index (χ2v) is 20.4. The number of imide groups is 2. The van der Waals surface area contributed by atoms with Gasteiger partial charge in [0, 0.05) is 62.6 Å². The Morgan fingerprint density at radius 2 is 1.42 bits per heavy atom. The molecule has 17 heteroatoms. The van der Waals surface area contributed by atoms with Crippen molar-refractivity contribution in [1.29, 1.82) is 0 Å².